The summed E-state index contributed by atoms with van der Waals surface area (Å²) in [4.78, 5) is 0. The fourth-order valence-electron chi connectivity index (χ4n) is 9.01. The van der Waals surface area contributed by atoms with Crippen LogP contribution in [0.5, 0.6) is 0 Å². The fraction of sp³-hybridized carbons (Fsp3) is 0. The van der Waals surface area contributed by atoms with Crippen LogP contribution >= 0.6 is 22.7 Å². The highest BCUT2D eigenvalue weighted by Crippen LogP contribution is 2.48. The standard InChI is InChI=1S/C49H25F2N3S2/c50-37-14-9-15-38(51)44(37)35-24-25-41(53-39-16-5-1-10-27(39)31-20-22-33-29-12-3-7-18-42(29)55-48(33)46(31)53)36(26-52)45(35)54-40-17-6-2-11-28(40)32-21-23-34-30-13-4-8-19-43(30)56-49(34)47(32)54/h1-25H. The summed E-state index contributed by atoms with van der Waals surface area (Å²) in [6, 6.07) is 52.0. The average Bonchev–Trinajstić information content (AvgIpc) is 3.98. The monoisotopic (exact) mass is 757 g/mol. The minimum absolute atomic E-state index is 0.172. The average molecular weight is 758 g/mol. The van der Waals surface area contributed by atoms with Gasteiger partial charge in [0.2, 0.25) is 0 Å². The van der Waals surface area contributed by atoms with Gasteiger partial charge in [-0.05, 0) is 48.5 Å². The lowest BCUT2D eigenvalue weighted by atomic mass is 9.97. The topological polar surface area (TPSA) is 33.6 Å². The molecule has 7 heteroatoms. The van der Waals surface area contributed by atoms with Gasteiger partial charge in [0, 0.05) is 58.1 Å². The maximum Gasteiger partial charge on any atom is 0.134 e. The van der Waals surface area contributed by atoms with Gasteiger partial charge in [0.05, 0.1) is 48.4 Å². The number of halogens is 2. The molecule has 0 atom stereocenters. The maximum atomic E-state index is 16.1. The highest BCUT2D eigenvalue weighted by atomic mass is 32.1. The number of para-hydroxylation sites is 2. The molecule has 0 aliphatic rings. The fourth-order valence-corrected chi connectivity index (χ4v) is 11.5. The van der Waals surface area contributed by atoms with Crippen molar-refractivity contribution in [2.45, 2.75) is 0 Å². The lowest BCUT2D eigenvalue weighted by Crippen LogP contribution is -2.07. The quantitative estimate of drug-likeness (QED) is 0.177. The van der Waals surface area contributed by atoms with E-state index in [0.29, 0.717) is 22.5 Å². The number of nitriles is 1. The van der Waals surface area contributed by atoms with Crippen molar-refractivity contribution in [3.8, 4) is 28.6 Å². The Labute approximate surface area is 325 Å². The van der Waals surface area contributed by atoms with E-state index in [1.807, 2.05) is 48.5 Å². The minimum Gasteiger partial charge on any atom is -0.306 e. The van der Waals surface area contributed by atoms with Crippen LogP contribution in [0.3, 0.4) is 0 Å². The van der Waals surface area contributed by atoms with E-state index >= 15 is 8.78 Å². The van der Waals surface area contributed by atoms with E-state index in [2.05, 4.69) is 94.1 Å². The summed E-state index contributed by atoms with van der Waals surface area (Å²) in [5.41, 5.74) is 5.17. The number of hydrogen-bond donors (Lipinski definition) is 0. The third-order valence-corrected chi connectivity index (χ3v) is 13.7. The molecule has 0 bridgehead atoms. The molecule has 4 heterocycles. The van der Waals surface area contributed by atoms with Gasteiger partial charge in [0.15, 0.2) is 0 Å². The zero-order valence-corrected chi connectivity index (χ0v) is 31.0. The number of hydrogen-bond acceptors (Lipinski definition) is 3. The van der Waals surface area contributed by atoms with Crippen LogP contribution in [0.1, 0.15) is 5.56 Å². The smallest absolute Gasteiger partial charge is 0.134 e. The van der Waals surface area contributed by atoms with Crippen molar-refractivity contribution in [2.75, 3.05) is 0 Å². The molecule has 0 amide bonds. The zero-order valence-electron chi connectivity index (χ0n) is 29.3. The number of thiophene rings is 2. The summed E-state index contributed by atoms with van der Waals surface area (Å²) in [6.07, 6.45) is 0. The van der Waals surface area contributed by atoms with Crippen LogP contribution in [0.2, 0.25) is 0 Å². The van der Waals surface area contributed by atoms with Crippen molar-refractivity contribution < 1.29 is 8.78 Å². The normalized spacial score (nSPS) is 12.1. The summed E-state index contributed by atoms with van der Waals surface area (Å²) >= 11 is 3.42. The summed E-state index contributed by atoms with van der Waals surface area (Å²) in [6.45, 7) is 0. The Morgan fingerprint density at radius 3 is 1.50 bits per heavy atom. The highest BCUT2D eigenvalue weighted by Gasteiger charge is 2.28. The molecule has 0 unspecified atom stereocenters. The van der Waals surface area contributed by atoms with Gasteiger partial charge in [-0.1, -0.05) is 103 Å². The molecule has 0 fully saturated rings. The molecular weight excluding hydrogens is 733 g/mol. The highest BCUT2D eigenvalue weighted by molar-refractivity contribution is 7.27. The lowest BCUT2D eigenvalue weighted by Gasteiger charge is -2.20. The van der Waals surface area contributed by atoms with Crippen molar-refractivity contribution >= 4 is 107 Å². The number of nitrogens with zero attached hydrogens (tertiary/aromatic N) is 3. The molecule has 0 radical (unpaired) electrons. The van der Waals surface area contributed by atoms with Gasteiger partial charge < -0.3 is 9.13 Å². The van der Waals surface area contributed by atoms with Gasteiger partial charge in [-0.3, -0.25) is 0 Å². The molecule has 12 rings (SSSR count). The molecule has 3 nitrogen and oxygen atoms in total. The Kier molecular flexibility index (Phi) is 6.51. The summed E-state index contributed by atoms with van der Waals surface area (Å²) in [5, 5.41) is 20.2. The first-order chi connectivity index (χ1) is 27.6. The zero-order chi connectivity index (χ0) is 37.2. The molecule has 56 heavy (non-hydrogen) atoms. The second-order valence-electron chi connectivity index (χ2n) is 14.1. The third kappa shape index (κ3) is 4.12. The molecule has 0 N–H and O–H groups in total. The molecule has 4 aromatic heterocycles. The van der Waals surface area contributed by atoms with Crippen molar-refractivity contribution in [3.05, 3.63) is 169 Å². The van der Waals surface area contributed by atoms with Gasteiger partial charge in [-0.25, -0.2) is 8.78 Å². The predicted octanol–water partition coefficient (Wildman–Crippen LogP) is 14.4. The van der Waals surface area contributed by atoms with Crippen LogP contribution in [0.25, 0.3) is 106 Å². The summed E-state index contributed by atoms with van der Waals surface area (Å²) in [5.74, 6) is -1.39. The molecule has 0 aliphatic heterocycles. The Balaban J connectivity index is 1.31. The van der Waals surface area contributed by atoms with E-state index in [4.69, 9.17) is 0 Å². The number of benzene rings is 8. The molecule has 0 saturated carbocycles. The molecular formula is C49H25F2N3S2. The lowest BCUT2D eigenvalue weighted by molar-refractivity contribution is 0.589. The first-order valence-corrected chi connectivity index (χ1v) is 19.9. The molecule has 262 valence electrons. The van der Waals surface area contributed by atoms with E-state index < -0.39 is 11.6 Å². The largest absolute Gasteiger partial charge is 0.306 e. The second kappa shape index (κ2) is 11.6. The second-order valence-corrected chi connectivity index (χ2v) is 16.2. The summed E-state index contributed by atoms with van der Waals surface area (Å²) in [7, 11) is 0. The third-order valence-electron chi connectivity index (χ3n) is 11.3. The van der Waals surface area contributed by atoms with Crippen molar-refractivity contribution in [2.24, 2.45) is 0 Å². The van der Waals surface area contributed by atoms with Crippen LogP contribution in [0.4, 0.5) is 8.78 Å². The van der Waals surface area contributed by atoms with Crippen LogP contribution in [0.15, 0.2) is 152 Å². The Bertz CT molecular complexity index is 3690. The van der Waals surface area contributed by atoms with E-state index in [0.717, 1.165) is 73.9 Å². The SMILES string of the molecule is N#Cc1c(-n2c3ccccc3c3ccc4c5ccccc5sc4c32)ccc(-c2c(F)cccc2F)c1-n1c2ccccc2c2ccc3c4ccccc4sc3c21. The number of rotatable bonds is 3. The minimum atomic E-state index is -0.695. The number of aromatic nitrogens is 2. The van der Waals surface area contributed by atoms with Crippen molar-refractivity contribution in [1.29, 1.82) is 5.26 Å². The van der Waals surface area contributed by atoms with Gasteiger partial charge in [0.1, 0.15) is 23.3 Å². The first-order valence-electron chi connectivity index (χ1n) is 18.3. The van der Waals surface area contributed by atoms with E-state index in [1.54, 1.807) is 28.7 Å². The molecule has 0 spiro atoms. The van der Waals surface area contributed by atoms with Crippen LogP contribution in [-0.4, -0.2) is 9.13 Å². The Morgan fingerprint density at radius 1 is 0.446 bits per heavy atom. The number of fused-ring (bicyclic) bond motifs is 14. The van der Waals surface area contributed by atoms with Crippen LogP contribution < -0.4 is 0 Å². The predicted molar refractivity (Wildman–Crippen MR) is 231 cm³/mol. The molecule has 0 saturated heterocycles. The van der Waals surface area contributed by atoms with E-state index in [9.17, 15) is 5.26 Å². The van der Waals surface area contributed by atoms with E-state index in [-0.39, 0.29) is 5.56 Å². The van der Waals surface area contributed by atoms with Gasteiger partial charge in [-0.15, -0.1) is 22.7 Å². The first kappa shape index (κ1) is 31.5. The Morgan fingerprint density at radius 2 is 0.929 bits per heavy atom. The Hall–Kier alpha value is -6.85. The van der Waals surface area contributed by atoms with Gasteiger partial charge in [-0.2, -0.15) is 5.26 Å². The van der Waals surface area contributed by atoms with Crippen LogP contribution in [-0.2, 0) is 0 Å². The van der Waals surface area contributed by atoms with Gasteiger partial charge >= 0.3 is 0 Å². The van der Waals surface area contributed by atoms with Crippen molar-refractivity contribution in [3.63, 3.8) is 0 Å². The maximum absolute atomic E-state index is 16.1. The summed E-state index contributed by atoms with van der Waals surface area (Å²) < 4.78 is 41.0. The van der Waals surface area contributed by atoms with Crippen molar-refractivity contribution in [1.82, 2.24) is 9.13 Å². The molecule has 12 aromatic rings. The molecule has 0 aliphatic carbocycles. The van der Waals surface area contributed by atoms with Gasteiger partial charge in [0.25, 0.3) is 0 Å². The van der Waals surface area contributed by atoms with E-state index in [1.165, 1.54) is 28.3 Å². The van der Waals surface area contributed by atoms with Crippen LogP contribution in [0, 0.1) is 23.0 Å². The molecule has 8 aromatic carbocycles.